The molecular formula is C25H18Cl2N2O5. The molecule has 34 heavy (non-hydrogen) atoms. The molecule has 0 spiro atoms. The lowest BCUT2D eigenvalue weighted by atomic mass is 9.95. The molecule has 0 bridgehead atoms. The number of nitrogens with zero attached hydrogens (tertiary/aromatic N) is 2. The number of pyridine rings is 1. The molecule has 0 saturated carbocycles. The van der Waals surface area contributed by atoms with E-state index in [9.17, 15) is 14.7 Å². The van der Waals surface area contributed by atoms with Crippen molar-refractivity contribution in [3.8, 4) is 11.5 Å². The van der Waals surface area contributed by atoms with Gasteiger partial charge in [-0.3, -0.25) is 14.6 Å². The van der Waals surface area contributed by atoms with Gasteiger partial charge in [0.15, 0.2) is 11.5 Å². The lowest BCUT2D eigenvalue weighted by Crippen LogP contribution is -2.29. The smallest absolute Gasteiger partial charge is 0.295 e. The van der Waals surface area contributed by atoms with Crippen LogP contribution in [0.2, 0.25) is 10.0 Å². The van der Waals surface area contributed by atoms with Gasteiger partial charge < -0.3 is 19.5 Å². The van der Waals surface area contributed by atoms with Crippen LogP contribution in [-0.4, -0.2) is 39.9 Å². The Bertz CT molecular complexity index is 1330. The number of Topliss-reactive ketones (excluding diaryl/α,β-unsaturated/α-hetero) is 1. The second-order valence-electron chi connectivity index (χ2n) is 7.82. The fraction of sp³-hybridized carbons (Fsp3) is 0.160. The van der Waals surface area contributed by atoms with Crippen LogP contribution in [0.3, 0.4) is 0 Å². The maximum absolute atomic E-state index is 13.2. The van der Waals surface area contributed by atoms with Crippen molar-refractivity contribution in [2.45, 2.75) is 12.6 Å². The molecule has 0 radical (unpaired) electrons. The van der Waals surface area contributed by atoms with Crippen LogP contribution >= 0.6 is 23.2 Å². The van der Waals surface area contributed by atoms with E-state index in [2.05, 4.69) is 4.98 Å². The van der Waals surface area contributed by atoms with Crippen LogP contribution in [0.15, 0.2) is 66.5 Å². The Labute approximate surface area is 205 Å². The van der Waals surface area contributed by atoms with Gasteiger partial charge in [-0.25, -0.2) is 0 Å². The summed E-state index contributed by atoms with van der Waals surface area (Å²) in [6.45, 7) is 0.909. The first-order valence-electron chi connectivity index (χ1n) is 10.5. The first-order valence-corrected chi connectivity index (χ1v) is 11.2. The van der Waals surface area contributed by atoms with E-state index in [0.717, 1.165) is 5.56 Å². The number of rotatable bonds is 4. The second kappa shape index (κ2) is 9.00. The summed E-state index contributed by atoms with van der Waals surface area (Å²) in [6, 6.07) is 12.4. The number of fused-ring (bicyclic) bond motifs is 1. The molecule has 1 aromatic heterocycles. The minimum absolute atomic E-state index is 0.0519. The van der Waals surface area contributed by atoms with E-state index in [1.165, 1.54) is 4.90 Å². The summed E-state index contributed by atoms with van der Waals surface area (Å²) in [4.78, 5) is 31.8. The standard InChI is InChI=1S/C25H18Cl2N2O5/c26-17-5-3-15(10-18(17)27)22-21(23(30)16-4-6-19-20(11-16)34-9-8-33-19)24(31)25(32)29(22)13-14-2-1-7-28-12-14/h1-7,10-12,22,30H,8-9,13H2/b23-21+. The summed E-state index contributed by atoms with van der Waals surface area (Å²) in [5, 5.41) is 11.9. The van der Waals surface area contributed by atoms with E-state index in [0.29, 0.717) is 40.9 Å². The molecule has 9 heteroatoms. The molecule has 5 rings (SSSR count). The van der Waals surface area contributed by atoms with Gasteiger partial charge in [-0.15, -0.1) is 0 Å². The monoisotopic (exact) mass is 496 g/mol. The minimum Gasteiger partial charge on any atom is -0.507 e. The Morgan fingerprint density at radius 3 is 2.56 bits per heavy atom. The van der Waals surface area contributed by atoms with Gasteiger partial charge in [-0.1, -0.05) is 35.3 Å². The normalized spacial score (nSPS) is 18.9. The van der Waals surface area contributed by atoms with Crippen LogP contribution in [0.25, 0.3) is 5.76 Å². The summed E-state index contributed by atoms with van der Waals surface area (Å²) in [5.41, 5.74) is 1.54. The van der Waals surface area contributed by atoms with Crippen LogP contribution in [0.4, 0.5) is 0 Å². The van der Waals surface area contributed by atoms with E-state index in [1.54, 1.807) is 60.9 Å². The molecule has 1 fully saturated rings. The van der Waals surface area contributed by atoms with E-state index >= 15 is 0 Å². The minimum atomic E-state index is -0.886. The quantitative estimate of drug-likeness (QED) is 0.317. The lowest BCUT2D eigenvalue weighted by Gasteiger charge is -2.26. The van der Waals surface area contributed by atoms with Gasteiger partial charge in [0.2, 0.25) is 0 Å². The average molecular weight is 497 g/mol. The number of hydrogen-bond donors (Lipinski definition) is 1. The second-order valence-corrected chi connectivity index (χ2v) is 8.63. The van der Waals surface area contributed by atoms with Gasteiger partial charge in [0, 0.05) is 24.5 Å². The average Bonchev–Trinajstić information content (AvgIpc) is 3.10. The molecule has 1 unspecified atom stereocenters. The number of benzene rings is 2. The van der Waals surface area contributed by atoms with Gasteiger partial charge >= 0.3 is 0 Å². The molecule has 1 saturated heterocycles. The SMILES string of the molecule is O=C1C(=O)N(Cc2cccnc2)C(c2ccc(Cl)c(Cl)c2)/C1=C(\O)c1ccc2c(c1)OCCO2. The van der Waals surface area contributed by atoms with E-state index in [4.69, 9.17) is 32.7 Å². The number of carbonyl (C=O) groups is 2. The zero-order chi connectivity index (χ0) is 23.8. The summed E-state index contributed by atoms with van der Waals surface area (Å²) in [5.74, 6) is -0.863. The fourth-order valence-electron chi connectivity index (χ4n) is 4.11. The van der Waals surface area contributed by atoms with Crippen molar-refractivity contribution < 1.29 is 24.2 Å². The summed E-state index contributed by atoms with van der Waals surface area (Å²) in [7, 11) is 0. The van der Waals surface area contributed by atoms with Gasteiger partial charge in [-0.05, 0) is 47.5 Å². The zero-order valence-electron chi connectivity index (χ0n) is 17.7. The Balaban J connectivity index is 1.65. The van der Waals surface area contributed by atoms with Gasteiger partial charge in [0.05, 0.1) is 21.7 Å². The molecule has 1 N–H and O–H groups in total. The molecule has 2 aliphatic rings. The third-order valence-corrected chi connectivity index (χ3v) is 6.43. The zero-order valence-corrected chi connectivity index (χ0v) is 19.2. The molecule has 172 valence electrons. The maximum atomic E-state index is 13.2. The number of hydrogen-bond acceptors (Lipinski definition) is 6. The number of carbonyl (C=O) groups excluding carboxylic acids is 2. The molecule has 2 aliphatic heterocycles. The van der Waals surface area contributed by atoms with Crippen LogP contribution in [-0.2, 0) is 16.1 Å². The molecule has 3 heterocycles. The summed E-state index contributed by atoms with van der Waals surface area (Å²) < 4.78 is 11.1. The van der Waals surface area contributed by atoms with E-state index < -0.39 is 17.7 Å². The van der Waals surface area contributed by atoms with Gasteiger partial charge in [-0.2, -0.15) is 0 Å². The predicted octanol–water partition coefficient (Wildman–Crippen LogP) is 4.78. The molecule has 1 atom stereocenters. The maximum Gasteiger partial charge on any atom is 0.295 e. The highest BCUT2D eigenvalue weighted by atomic mass is 35.5. The number of ketones is 1. The Hall–Kier alpha value is -3.55. The fourth-order valence-corrected chi connectivity index (χ4v) is 4.41. The topological polar surface area (TPSA) is 89.0 Å². The third-order valence-electron chi connectivity index (χ3n) is 5.69. The van der Waals surface area contributed by atoms with Crippen LogP contribution in [0.1, 0.15) is 22.7 Å². The lowest BCUT2D eigenvalue weighted by molar-refractivity contribution is -0.140. The van der Waals surface area contributed by atoms with Crippen molar-refractivity contribution in [2.24, 2.45) is 0 Å². The Kier molecular flexibility index (Phi) is 5.89. The van der Waals surface area contributed by atoms with Crippen molar-refractivity contribution >= 4 is 40.7 Å². The third kappa shape index (κ3) is 3.97. The van der Waals surface area contributed by atoms with Crippen molar-refractivity contribution in [1.29, 1.82) is 0 Å². The van der Waals surface area contributed by atoms with Gasteiger partial charge in [0.25, 0.3) is 11.7 Å². The highest BCUT2D eigenvalue weighted by Crippen LogP contribution is 2.42. The van der Waals surface area contributed by atoms with E-state index in [1.807, 2.05) is 0 Å². The van der Waals surface area contributed by atoms with Gasteiger partial charge in [0.1, 0.15) is 19.0 Å². The largest absolute Gasteiger partial charge is 0.507 e. The van der Waals surface area contributed by atoms with Crippen molar-refractivity contribution in [2.75, 3.05) is 13.2 Å². The number of aromatic nitrogens is 1. The number of halogens is 2. The highest BCUT2D eigenvalue weighted by Gasteiger charge is 2.46. The molecule has 7 nitrogen and oxygen atoms in total. The van der Waals surface area contributed by atoms with Crippen molar-refractivity contribution in [3.05, 3.63) is 93.2 Å². The number of amides is 1. The highest BCUT2D eigenvalue weighted by molar-refractivity contribution is 6.46. The van der Waals surface area contributed by atoms with Crippen LogP contribution < -0.4 is 9.47 Å². The first-order chi connectivity index (χ1) is 16.4. The van der Waals surface area contributed by atoms with Crippen LogP contribution in [0, 0.1) is 0 Å². The number of aliphatic hydroxyl groups excluding tert-OH is 1. The first kappa shape index (κ1) is 22.3. The Morgan fingerprint density at radius 1 is 1.03 bits per heavy atom. The molecule has 0 aliphatic carbocycles. The molecule has 1 amide bonds. The van der Waals surface area contributed by atoms with Crippen LogP contribution in [0.5, 0.6) is 11.5 Å². The number of likely N-dealkylation sites (tertiary alicyclic amines) is 1. The van der Waals surface area contributed by atoms with E-state index in [-0.39, 0.29) is 22.9 Å². The predicted molar refractivity (Wildman–Crippen MR) is 126 cm³/mol. The molecular weight excluding hydrogens is 479 g/mol. The molecule has 2 aromatic carbocycles. The Morgan fingerprint density at radius 2 is 1.82 bits per heavy atom. The summed E-state index contributed by atoms with van der Waals surface area (Å²) in [6.07, 6.45) is 3.24. The summed E-state index contributed by atoms with van der Waals surface area (Å²) >= 11 is 12.4. The van der Waals surface area contributed by atoms with Crippen molar-refractivity contribution in [3.63, 3.8) is 0 Å². The number of ether oxygens (including phenoxy) is 2. The van der Waals surface area contributed by atoms with Crippen molar-refractivity contribution in [1.82, 2.24) is 9.88 Å². The number of aliphatic hydroxyl groups is 1. The molecule has 3 aromatic rings.